The molecule has 23 heavy (non-hydrogen) atoms. The van der Waals surface area contributed by atoms with Crippen LogP contribution in [0.3, 0.4) is 0 Å². The summed E-state index contributed by atoms with van der Waals surface area (Å²) in [6.45, 7) is 2.69. The second-order valence-electron chi connectivity index (χ2n) is 4.55. The number of ketones is 1. The number of carbonyl (C=O) groups is 2. The highest BCUT2D eigenvalue weighted by Crippen LogP contribution is 2.26. The number of anilines is 1. The molecule has 2 rings (SSSR count). The molecule has 1 heterocycles. The Morgan fingerprint density at radius 3 is 2.70 bits per heavy atom. The molecule has 8 nitrogen and oxygen atoms in total. The van der Waals surface area contributed by atoms with E-state index < -0.39 is 17.4 Å². The number of ether oxygens (including phenoxy) is 1. The Kier molecular flexibility index (Phi) is 5.02. The molecule has 2 aromatic rings. The van der Waals surface area contributed by atoms with Crippen LogP contribution in [0, 0.1) is 17.0 Å². The van der Waals surface area contributed by atoms with Gasteiger partial charge in [0.1, 0.15) is 0 Å². The second kappa shape index (κ2) is 6.97. The molecular weight excluding hydrogens is 322 g/mol. The highest BCUT2D eigenvalue weighted by Gasteiger charge is 2.16. The van der Waals surface area contributed by atoms with Crippen LogP contribution >= 0.6 is 11.3 Å². The van der Waals surface area contributed by atoms with Crippen LogP contribution in [0.4, 0.5) is 10.8 Å². The number of aryl methyl sites for hydroxylation is 1. The van der Waals surface area contributed by atoms with Gasteiger partial charge in [0.05, 0.1) is 15.5 Å². The lowest BCUT2D eigenvalue weighted by Gasteiger charge is -2.06. The second-order valence-corrected chi connectivity index (χ2v) is 5.55. The fraction of sp³-hybridized carbons (Fsp3) is 0.214. The molecule has 0 saturated carbocycles. The topological polar surface area (TPSA) is 111 Å². The van der Waals surface area contributed by atoms with Crippen LogP contribution in [0.15, 0.2) is 24.3 Å². The standard InChI is InChI=1S/C14H13N3O5S/c1-8-13(9(2)18)23-14(15-8)16-12(19)7-22-11-6-4-3-5-10(11)17(20)21/h3-6H,7H2,1-2H3,(H,15,16,19). The SMILES string of the molecule is CC(=O)c1sc(NC(=O)COc2ccccc2[N+](=O)[O-])nc1C. The van der Waals surface area contributed by atoms with Gasteiger partial charge in [-0.2, -0.15) is 0 Å². The van der Waals surface area contributed by atoms with E-state index in [1.54, 1.807) is 13.0 Å². The van der Waals surface area contributed by atoms with E-state index in [2.05, 4.69) is 10.3 Å². The van der Waals surface area contributed by atoms with Crippen LogP contribution < -0.4 is 10.1 Å². The number of benzene rings is 1. The summed E-state index contributed by atoms with van der Waals surface area (Å²) in [7, 11) is 0. The number of nitrogens with one attached hydrogen (secondary N) is 1. The molecule has 120 valence electrons. The van der Waals surface area contributed by atoms with Crippen LogP contribution in [0.5, 0.6) is 5.75 Å². The van der Waals surface area contributed by atoms with E-state index in [4.69, 9.17) is 4.74 Å². The summed E-state index contributed by atoms with van der Waals surface area (Å²) in [5.41, 5.74) is 0.321. The van der Waals surface area contributed by atoms with Crippen molar-refractivity contribution in [2.75, 3.05) is 11.9 Å². The van der Waals surface area contributed by atoms with Gasteiger partial charge in [0, 0.05) is 13.0 Å². The molecule has 0 aliphatic carbocycles. The summed E-state index contributed by atoms with van der Waals surface area (Å²) in [6.07, 6.45) is 0. The van der Waals surface area contributed by atoms with E-state index in [1.165, 1.54) is 25.1 Å². The van der Waals surface area contributed by atoms with E-state index in [9.17, 15) is 19.7 Å². The van der Waals surface area contributed by atoms with E-state index >= 15 is 0 Å². The van der Waals surface area contributed by atoms with Gasteiger partial charge in [-0.25, -0.2) is 4.98 Å². The molecule has 0 aliphatic heterocycles. The highest BCUT2D eigenvalue weighted by atomic mass is 32.1. The largest absolute Gasteiger partial charge is 0.477 e. The number of Topliss-reactive ketones (excluding diaryl/α,β-unsaturated/α-hetero) is 1. The monoisotopic (exact) mass is 335 g/mol. The van der Waals surface area contributed by atoms with Gasteiger partial charge in [-0.1, -0.05) is 23.5 Å². The van der Waals surface area contributed by atoms with Crippen molar-refractivity contribution in [3.05, 3.63) is 45.0 Å². The van der Waals surface area contributed by atoms with Gasteiger partial charge in [0.25, 0.3) is 5.91 Å². The molecule has 0 bridgehead atoms. The fourth-order valence-electron chi connectivity index (χ4n) is 1.81. The number of para-hydroxylation sites is 2. The number of hydrogen-bond donors (Lipinski definition) is 1. The first-order chi connectivity index (χ1) is 10.9. The normalized spacial score (nSPS) is 10.2. The molecule has 0 atom stereocenters. The number of nitro benzene ring substituents is 1. The lowest BCUT2D eigenvalue weighted by Crippen LogP contribution is -2.20. The molecule has 0 unspecified atom stereocenters. The number of hydrogen-bond acceptors (Lipinski definition) is 7. The molecule has 0 spiro atoms. The molecule has 0 saturated heterocycles. The number of nitrogens with zero attached hydrogens (tertiary/aromatic N) is 2. The zero-order valence-electron chi connectivity index (χ0n) is 12.4. The van der Waals surface area contributed by atoms with Crippen molar-refractivity contribution in [2.24, 2.45) is 0 Å². The van der Waals surface area contributed by atoms with Gasteiger partial charge in [-0.15, -0.1) is 0 Å². The van der Waals surface area contributed by atoms with Crippen LogP contribution in [0.2, 0.25) is 0 Å². The van der Waals surface area contributed by atoms with Gasteiger partial charge in [-0.05, 0) is 13.0 Å². The smallest absolute Gasteiger partial charge is 0.310 e. The average molecular weight is 335 g/mol. The van der Waals surface area contributed by atoms with Gasteiger partial charge >= 0.3 is 5.69 Å². The summed E-state index contributed by atoms with van der Waals surface area (Å²) < 4.78 is 5.17. The predicted octanol–water partition coefficient (Wildman–Crippen LogP) is 2.58. The van der Waals surface area contributed by atoms with Crippen molar-refractivity contribution in [3.8, 4) is 5.75 Å². The number of rotatable bonds is 6. The predicted molar refractivity (Wildman–Crippen MR) is 84.1 cm³/mol. The fourth-order valence-corrected chi connectivity index (χ4v) is 2.68. The molecule has 1 aromatic heterocycles. The van der Waals surface area contributed by atoms with Gasteiger partial charge in [0.15, 0.2) is 23.3 Å². The van der Waals surface area contributed by atoms with Crippen LogP contribution in [-0.2, 0) is 4.79 Å². The third-order valence-electron chi connectivity index (χ3n) is 2.78. The van der Waals surface area contributed by atoms with Crippen LogP contribution in [-0.4, -0.2) is 28.2 Å². The first-order valence-corrected chi connectivity index (χ1v) is 7.34. The Hall–Kier alpha value is -2.81. The summed E-state index contributed by atoms with van der Waals surface area (Å²) in [6, 6.07) is 5.78. The third kappa shape index (κ3) is 4.10. The van der Waals surface area contributed by atoms with Crippen LogP contribution in [0.25, 0.3) is 0 Å². The molecular formula is C14H13N3O5S. The van der Waals surface area contributed by atoms with E-state index in [-0.39, 0.29) is 22.4 Å². The summed E-state index contributed by atoms with van der Waals surface area (Å²) in [4.78, 5) is 38.0. The number of thiazole rings is 1. The molecule has 9 heteroatoms. The van der Waals surface area contributed by atoms with Gasteiger partial charge in [-0.3, -0.25) is 25.0 Å². The van der Waals surface area contributed by atoms with Crippen molar-refractivity contribution in [2.45, 2.75) is 13.8 Å². The lowest BCUT2D eigenvalue weighted by molar-refractivity contribution is -0.385. The van der Waals surface area contributed by atoms with Gasteiger partial charge < -0.3 is 4.74 Å². The van der Waals surface area contributed by atoms with Crippen LogP contribution in [0.1, 0.15) is 22.3 Å². The Morgan fingerprint density at radius 1 is 1.39 bits per heavy atom. The maximum atomic E-state index is 11.8. The number of carbonyl (C=O) groups excluding carboxylic acids is 2. The summed E-state index contributed by atoms with van der Waals surface area (Å²) in [5, 5.41) is 13.6. The average Bonchev–Trinajstić information content (AvgIpc) is 2.86. The number of amides is 1. The van der Waals surface area contributed by atoms with E-state index in [0.29, 0.717) is 10.6 Å². The Balaban J connectivity index is 2.00. The minimum atomic E-state index is -0.587. The molecule has 0 aliphatic rings. The molecule has 1 N–H and O–H groups in total. The first-order valence-electron chi connectivity index (χ1n) is 6.53. The van der Waals surface area contributed by atoms with Crippen molar-refractivity contribution < 1.29 is 19.2 Å². The number of aromatic nitrogens is 1. The summed E-state index contributed by atoms with van der Waals surface area (Å²) >= 11 is 1.07. The first kappa shape index (κ1) is 16.6. The third-order valence-corrected chi connectivity index (χ3v) is 3.96. The Labute approximate surface area is 135 Å². The molecule has 1 aromatic carbocycles. The molecule has 0 fully saturated rings. The molecule has 1 amide bonds. The zero-order chi connectivity index (χ0) is 17.0. The minimum Gasteiger partial charge on any atom is -0.477 e. The lowest BCUT2D eigenvalue weighted by atomic mass is 10.3. The van der Waals surface area contributed by atoms with Crippen molar-refractivity contribution in [3.63, 3.8) is 0 Å². The van der Waals surface area contributed by atoms with Crippen molar-refractivity contribution >= 4 is 33.8 Å². The molecule has 0 radical (unpaired) electrons. The van der Waals surface area contributed by atoms with Crippen molar-refractivity contribution in [1.29, 1.82) is 0 Å². The van der Waals surface area contributed by atoms with Crippen molar-refractivity contribution in [1.82, 2.24) is 4.98 Å². The number of nitro groups is 1. The summed E-state index contributed by atoms with van der Waals surface area (Å²) in [5.74, 6) is -0.643. The Bertz CT molecular complexity index is 772. The highest BCUT2D eigenvalue weighted by molar-refractivity contribution is 7.17. The van der Waals surface area contributed by atoms with E-state index in [1.807, 2.05) is 0 Å². The maximum Gasteiger partial charge on any atom is 0.310 e. The zero-order valence-corrected chi connectivity index (χ0v) is 13.2. The Morgan fingerprint density at radius 2 is 2.09 bits per heavy atom. The van der Waals surface area contributed by atoms with E-state index in [0.717, 1.165) is 11.3 Å². The van der Waals surface area contributed by atoms with Gasteiger partial charge in [0.2, 0.25) is 0 Å². The quantitative estimate of drug-likeness (QED) is 0.493. The minimum absolute atomic E-state index is 0.00685. The maximum absolute atomic E-state index is 11.8.